The van der Waals surface area contributed by atoms with Gasteiger partial charge in [-0.25, -0.2) is 0 Å². The Kier molecular flexibility index (Phi) is 3.18. The van der Waals surface area contributed by atoms with Crippen molar-refractivity contribution in [2.75, 3.05) is 19.6 Å². The van der Waals surface area contributed by atoms with E-state index in [1.807, 2.05) is 0 Å². The molecule has 0 aromatic carbocycles. The second-order valence-electron chi connectivity index (χ2n) is 9.83. The maximum Gasteiger partial charge on any atom is 0.0255 e. The molecule has 3 heteroatoms. The molecule has 6 saturated heterocycles. The number of fused-ring (bicyclic) bond motifs is 9. The molecule has 10 unspecified atom stereocenters. The van der Waals surface area contributed by atoms with Crippen molar-refractivity contribution in [2.24, 2.45) is 29.6 Å². The van der Waals surface area contributed by atoms with E-state index in [1.165, 1.54) is 64.6 Å². The molecule has 0 aromatic heterocycles. The third-order valence-corrected chi connectivity index (χ3v) is 8.90. The van der Waals surface area contributed by atoms with Gasteiger partial charge in [-0.3, -0.25) is 4.90 Å². The van der Waals surface area contributed by atoms with Crippen LogP contribution >= 0.6 is 0 Å². The van der Waals surface area contributed by atoms with Gasteiger partial charge < -0.3 is 10.6 Å². The first kappa shape index (κ1) is 14.1. The second kappa shape index (κ2) is 5.19. The van der Waals surface area contributed by atoms with Crippen molar-refractivity contribution in [2.45, 2.75) is 75.5 Å². The van der Waals surface area contributed by atoms with Gasteiger partial charge in [0.05, 0.1) is 0 Å². The number of rotatable bonds is 2. The number of nitrogens with zero attached hydrogens (tertiary/aromatic N) is 1. The summed E-state index contributed by atoms with van der Waals surface area (Å²) < 4.78 is 0. The van der Waals surface area contributed by atoms with E-state index in [9.17, 15) is 0 Å². The summed E-state index contributed by atoms with van der Waals surface area (Å²) in [4.78, 5) is 2.94. The third-order valence-electron chi connectivity index (χ3n) is 8.90. The zero-order chi connectivity index (χ0) is 15.0. The van der Waals surface area contributed by atoms with Crippen LogP contribution in [0.25, 0.3) is 0 Å². The third kappa shape index (κ3) is 2.12. The average Bonchev–Trinajstić information content (AvgIpc) is 3.26. The number of hydrogen-bond donors (Lipinski definition) is 2. The van der Waals surface area contributed by atoms with Crippen molar-refractivity contribution in [1.82, 2.24) is 15.5 Å². The highest BCUT2D eigenvalue weighted by Crippen LogP contribution is 2.49. The lowest BCUT2D eigenvalue weighted by Gasteiger charge is -2.57. The lowest BCUT2D eigenvalue weighted by atomic mass is 9.61. The quantitative estimate of drug-likeness (QED) is 0.818. The molecule has 0 radical (unpaired) electrons. The maximum absolute atomic E-state index is 4.01. The Morgan fingerprint density at radius 2 is 1.83 bits per heavy atom. The van der Waals surface area contributed by atoms with Crippen LogP contribution in [-0.2, 0) is 0 Å². The largest absolute Gasteiger partial charge is 0.313 e. The fraction of sp³-hybridized carbons (Fsp3) is 1.00. The van der Waals surface area contributed by atoms with Gasteiger partial charge in [-0.2, -0.15) is 0 Å². The molecule has 10 atom stereocenters. The Balaban J connectivity index is 1.19. The van der Waals surface area contributed by atoms with Crippen LogP contribution in [0.3, 0.4) is 0 Å². The Morgan fingerprint density at radius 3 is 2.43 bits per heavy atom. The van der Waals surface area contributed by atoms with Crippen LogP contribution in [0.5, 0.6) is 0 Å². The van der Waals surface area contributed by atoms with Crippen LogP contribution < -0.4 is 10.6 Å². The van der Waals surface area contributed by atoms with Crippen LogP contribution in [0.4, 0.5) is 0 Å². The summed E-state index contributed by atoms with van der Waals surface area (Å²) in [6.07, 6.45) is 12.0. The van der Waals surface area contributed by atoms with Gasteiger partial charge in [-0.05, 0) is 94.0 Å². The zero-order valence-corrected chi connectivity index (χ0v) is 14.4. The monoisotopic (exact) mass is 315 g/mol. The van der Waals surface area contributed by atoms with Gasteiger partial charge in [0.15, 0.2) is 0 Å². The number of nitrogens with one attached hydrogen (secondary N) is 2. The molecule has 0 spiro atoms. The summed E-state index contributed by atoms with van der Waals surface area (Å²) in [7, 11) is 0. The van der Waals surface area contributed by atoms with E-state index in [0.717, 1.165) is 53.8 Å². The van der Waals surface area contributed by atoms with Crippen LogP contribution in [0, 0.1) is 29.6 Å². The first-order chi connectivity index (χ1) is 11.3. The highest BCUT2D eigenvalue weighted by Gasteiger charge is 2.52. The molecule has 2 saturated carbocycles. The summed E-state index contributed by atoms with van der Waals surface area (Å²) in [6, 6.07) is 3.47. The molecular weight excluding hydrogens is 282 g/mol. The lowest BCUT2D eigenvalue weighted by molar-refractivity contribution is -0.0641. The molecule has 0 aromatic rings. The predicted molar refractivity (Wildman–Crippen MR) is 92.2 cm³/mol. The fourth-order valence-corrected chi connectivity index (χ4v) is 7.82. The Morgan fingerprint density at radius 1 is 0.826 bits per heavy atom. The molecule has 3 nitrogen and oxygen atoms in total. The van der Waals surface area contributed by atoms with Gasteiger partial charge in [-0.15, -0.1) is 0 Å². The van der Waals surface area contributed by atoms with E-state index in [-0.39, 0.29) is 0 Å². The summed E-state index contributed by atoms with van der Waals surface area (Å²) >= 11 is 0. The minimum atomic E-state index is 0.846. The minimum Gasteiger partial charge on any atom is -0.313 e. The van der Waals surface area contributed by atoms with Gasteiger partial charge in [-0.1, -0.05) is 0 Å². The van der Waals surface area contributed by atoms with E-state index < -0.39 is 0 Å². The van der Waals surface area contributed by atoms with Crippen molar-refractivity contribution in [1.29, 1.82) is 0 Å². The van der Waals surface area contributed by atoms with Crippen LogP contribution in [0.2, 0.25) is 0 Å². The summed E-state index contributed by atoms with van der Waals surface area (Å²) in [5, 5.41) is 7.90. The predicted octanol–water partition coefficient (Wildman–Crippen LogP) is 2.23. The molecule has 8 aliphatic rings. The van der Waals surface area contributed by atoms with Crippen molar-refractivity contribution >= 4 is 0 Å². The molecule has 2 aliphatic carbocycles. The topological polar surface area (TPSA) is 27.3 Å². The van der Waals surface area contributed by atoms with Crippen LogP contribution in [-0.4, -0.2) is 48.7 Å². The molecular formula is C20H33N3. The van der Waals surface area contributed by atoms with Gasteiger partial charge in [0.1, 0.15) is 0 Å². The zero-order valence-electron chi connectivity index (χ0n) is 14.4. The van der Waals surface area contributed by atoms with Gasteiger partial charge in [0.25, 0.3) is 0 Å². The Labute approximate surface area is 140 Å². The summed E-state index contributed by atoms with van der Waals surface area (Å²) in [5.74, 6) is 5.07. The average molecular weight is 316 g/mol. The summed E-state index contributed by atoms with van der Waals surface area (Å²) in [5.41, 5.74) is 0. The first-order valence-corrected chi connectivity index (χ1v) is 10.6. The van der Waals surface area contributed by atoms with Gasteiger partial charge in [0.2, 0.25) is 0 Å². The fourth-order valence-electron chi connectivity index (χ4n) is 7.82. The number of piperidine rings is 6. The second-order valence-corrected chi connectivity index (χ2v) is 9.83. The van der Waals surface area contributed by atoms with Crippen molar-refractivity contribution in [3.63, 3.8) is 0 Å². The van der Waals surface area contributed by atoms with Gasteiger partial charge in [0, 0.05) is 30.7 Å². The van der Waals surface area contributed by atoms with E-state index in [4.69, 9.17) is 0 Å². The highest BCUT2D eigenvalue weighted by molar-refractivity contribution is 5.08. The molecule has 6 heterocycles. The molecule has 2 N–H and O–H groups in total. The molecule has 128 valence electrons. The minimum absolute atomic E-state index is 0.846. The molecule has 23 heavy (non-hydrogen) atoms. The van der Waals surface area contributed by atoms with E-state index in [1.54, 1.807) is 6.42 Å². The number of hydrogen-bond acceptors (Lipinski definition) is 3. The standard InChI is InChI=1S/C20H33N3/c1-4-18-16(7-12(1)10-21-18)17-11-23-6-5-13(17)9-19(23)20-14-2-3-15(8-14)22-20/h12-22H,1-11H2. The molecule has 6 bridgehead atoms. The molecule has 8 fully saturated rings. The van der Waals surface area contributed by atoms with Crippen molar-refractivity contribution < 1.29 is 0 Å². The molecule has 8 rings (SSSR count). The smallest absolute Gasteiger partial charge is 0.0255 e. The Bertz CT molecular complexity index is 472. The normalized spacial score (nSPS) is 60.5. The van der Waals surface area contributed by atoms with Crippen LogP contribution in [0.15, 0.2) is 0 Å². The SMILES string of the molecule is C1CC2NCC1CC2C1CN2CCC1CC2C1NC2CCC1C2. The summed E-state index contributed by atoms with van der Waals surface area (Å²) in [6.45, 7) is 4.15. The molecule has 0 amide bonds. The maximum atomic E-state index is 4.01. The van der Waals surface area contributed by atoms with E-state index in [0.29, 0.717) is 0 Å². The lowest BCUT2D eigenvalue weighted by Crippen LogP contribution is -2.64. The van der Waals surface area contributed by atoms with E-state index >= 15 is 0 Å². The van der Waals surface area contributed by atoms with E-state index in [2.05, 4.69) is 15.5 Å². The highest BCUT2D eigenvalue weighted by atomic mass is 15.2. The van der Waals surface area contributed by atoms with Crippen LogP contribution in [0.1, 0.15) is 51.4 Å². The van der Waals surface area contributed by atoms with Crippen molar-refractivity contribution in [3.05, 3.63) is 0 Å². The van der Waals surface area contributed by atoms with Gasteiger partial charge >= 0.3 is 0 Å². The Hall–Kier alpha value is -0.120. The van der Waals surface area contributed by atoms with Crippen molar-refractivity contribution in [3.8, 4) is 0 Å². The first-order valence-electron chi connectivity index (χ1n) is 10.6. The molecule has 6 aliphatic heterocycles.